The molecule has 0 bridgehead atoms. The fraction of sp³-hybridized carbons (Fsp3) is 0.167. The van der Waals surface area contributed by atoms with Crippen molar-refractivity contribution in [1.29, 1.82) is 0 Å². The summed E-state index contributed by atoms with van der Waals surface area (Å²) >= 11 is 6.12. The third-order valence-corrected chi connectivity index (χ3v) is 2.60. The van der Waals surface area contributed by atoms with Crippen LogP contribution in [0.1, 0.15) is 0 Å². The molecule has 2 aromatic rings. The fourth-order valence-electron chi connectivity index (χ4n) is 1.47. The van der Waals surface area contributed by atoms with Crippen LogP contribution >= 0.6 is 11.6 Å². The Morgan fingerprint density at radius 2 is 1.82 bits per heavy atom. The Bertz CT molecular complexity index is 532. The molecule has 0 saturated heterocycles. The van der Waals surface area contributed by atoms with Crippen molar-refractivity contribution in [3.8, 4) is 23.0 Å². The van der Waals surface area contributed by atoms with E-state index in [-0.39, 0.29) is 6.01 Å². The zero-order valence-corrected chi connectivity index (χ0v) is 10.2. The highest BCUT2D eigenvalue weighted by Gasteiger charge is 2.12. The summed E-state index contributed by atoms with van der Waals surface area (Å²) in [6.45, 7) is 0. The molecule has 1 aromatic carbocycles. The summed E-state index contributed by atoms with van der Waals surface area (Å²) in [5.74, 6) is 0.435. The minimum absolute atomic E-state index is 0.262. The zero-order chi connectivity index (χ0) is 12.3. The highest BCUT2D eigenvalue weighted by molar-refractivity contribution is 6.33. The van der Waals surface area contributed by atoms with Crippen molar-refractivity contribution in [2.24, 2.45) is 0 Å². The average Bonchev–Trinajstić information content (AvgIpc) is 2.38. The van der Waals surface area contributed by atoms with Crippen molar-refractivity contribution in [2.45, 2.75) is 0 Å². The summed E-state index contributed by atoms with van der Waals surface area (Å²) in [7, 11) is 3.05. The number of rotatable bonds is 3. The molecule has 0 radical (unpaired) electrons. The molecule has 1 aromatic heterocycles. The summed E-state index contributed by atoms with van der Waals surface area (Å²) < 4.78 is 10.2. The van der Waals surface area contributed by atoms with Crippen LogP contribution in [0.15, 0.2) is 30.5 Å². The average molecular weight is 251 g/mol. The van der Waals surface area contributed by atoms with E-state index in [2.05, 4.69) is 9.97 Å². The van der Waals surface area contributed by atoms with Crippen LogP contribution in [-0.4, -0.2) is 24.2 Å². The Morgan fingerprint density at radius 3 is 2.47 bits per heavy atom. The molecule has 0 saturated carbocycles. The van der Waals surface area contributed by atoms with Crippen molar-refractivity contribution in [3.05, 3.63) is 35.5 Å². The number of methoxy groups -OCH3 is 2. The number of halogens is 1. The summed E-state index contributed by atoms with van der Waals surface area (Å²) in [6.07, 6.45) is 1.63. The minimum atomic E-state index is 0.262. The van der Waals surface area contributed by atoms with Crippen LogP contribution in [0, 0.1) is 0 Å². The minimum Gasteiger partial charge on any atom is -0.480 e. The van der Waals surface area contributed by atoms with E-state index in [1.54, 1.807) is 19.4 Å². The van der Waals surface area contributed by atoms with Gasteiger partial charge in [0.1, 0.15) is 0 Å². The molecule has 1 heterocycles. The van der Waals surface area contributed by atoms with Gasteiger partial charge in [-0.3, -0.25) is 0 Å². The normalized spacial score (nSPS) is 10.1. The van der Waals surface area contributed by atoms with E-state index in [9.17, 15) is 0 Å². The SMILES string of the molecule is COc1ncc(-c2ccccc2Cl)c(OC)n1. The van der Waals surface area contributed by atoms with Gasteiger partial charge in [-0.05, 0) is 6.07 Å². The third kappa shape index (κ3) is 2.31. The molecule has 0 N–H and O–H groups in total. The molecule has 0 unspecified atom stereocenters. The van der Waals surface area contributed by atoms with E-state index in [0.29, 0.717) is 10.9 Å². The molecule has 88 valence electrons. The fourth-order valence-corrected chi connectivity index (χ4v) is 1.71. The van der Waals surface area contributed by atoms with Gasteiger partial charge in [0.25, 0.3) is 0 Å². The topological polar surface area (TPSA) is 44.2 Å². The maximum Gasteiger partial charge on any atom is 0.319 e. The van der Waals surface area contributed by atoms with Crippen LogP contribution < -0.4 is 9.47 Å². The molecular weight excluding hydrogens is 240 g/mol. The first-order valence-corrected chi connectivity index (χ1v) is 5.34. The number of nitrogens with zero attached hydrogens (tertiary/aromatic N) is 2. The number of hydrogen-bond acceptors (Lipinski definition) is 4. The molecule has 5 heteroatoms. The molecule has 0 spiro atoms. The molecule has 2 rings (SSSR count). The van der Waals surface area contributed by atoms with E-state index in [4.69, 9.17) is 21.1 Å². The lowest BCUT2D eigenvalue weighted by atomic mass is 10.1. The Kier molecular flexibility index (Phi) is 3.44. The van der Waals surface area contributed by atoms with Crippen LogP contribution in [0.3, 0.4) is 0 Å². The van der Waals surface area contributed by atoms with Crippen LogP contribution in [-0.2, 0) is 0 Å². The highest BCUT2D eigenvalue weighted by Crippen LogP contribution is 2.33. The van der Waals surface area contributed by atoms with Gasteiger partial charge in [0.2, 0.25) is 5.88 Å². The van der Waals surface area contributed by atoms with Crippen LogP contribution in [0.25, 0.3) is 11.1 Å². The lowest BCUT2D eigenvalue weighted by molar-refractivity contribution is 0.353. The second-order valence-corrected chi connectivity index (χ2v) is 3.67. The van der Waals surface area contributed by atoms with Gasteiger partial charge in [-0.2, -0.15) is 4.98 Å². The standard InChI is InChI=1S/C12H11ClN2O2/c1-16-11-9(7-14-12(15-11)17-2)8-5-3-4-6-10(8)13/h3-7H,1-2H3. The van der Waals surface area contributed by atoms with Gasteiger partial charge in [0.15, 0.2) is 0 Å². The smallest absolute Gasteiger partial charge is 0.319 e. The van der Waals surface area contributed by atoms with Crippen molar-refractivity contribution < 1.29 is 9.47 Å². The second kappa shape index (κ2) is 5.01. The van der Waals surface area contributed by atoms with Crippen molar-refractivity contribution in [3.63, 3.8) is 0 Å². The summed E-state index contributed by atoms with van der Waals surface area (Å²) in [5, 5.41) is 0.625. The van der Waals surface area contributed by atoms with E-state index < -0.39 is 0 Å². The van der Waals surface area contributed by atoms with Gasteiger partial charge in [0.05, 0.1) is 19.8 Å². The van der Waals surface area contributed by atoms with Gasteiger partial charge >= 0.3 is 6.01 Å². The first-order chi connectivity index (χ1) is 8.26. The van der Waals surface area contributed by atoms with Gasteiger partial charge in [-0.25, -0.2) is 4.98 Å². The summed E-state index contributed by atoms with van der Waals surface area (Å²) in [6, 6.07) is 7.71. The van der Waals surface area contributed by atoms with Crippen molar-refractivity contribution in [1.82, 2.24) is 9.97 Å². The van der Waals surface area contributed by atoms with E-state index >= 15 is 0 Å². The predicted molar refractivity (Wildman–Crippen MR) is 65.6 cm³/mol. The molecule has 0 aliphatic carbocycles. The highest BCUT2D eigenvalue weighted by atomic mass is 35.5. The molecule has 0 aliphatic rings. The van der Waals surface area contributed by atoms with E-state index in [1.807, 2.05) is 18.2 Å². The second-order valence-electron chi connectivity index (χ2n) is 3.26. The molecule has 4 nitrogen and oxygen atoms in total. The third-order valence-electron chi connectivity index (χ3n) is 2.27. The van der Waals surface area contributed by atoms with Gasteiger partial charge < -0.3 is 9.47 Å². The Labute approximate surface area is 104 Å². The lowest BCUT2D eigenvalue weighted by Crippen LogP contribution is -1.97. The largest absolute Gasteiger partial charge is 0.480 e. The van der Waals surface area contributed by atoms with Gasteiger partial charge in [-0.1, -0.05) is 29.8 Å². The first-order valence-electron chi connectivity index (χ1n) is 4.96. The Balaban J connectivity index is 2.56. The number of ether oxygens (including phenoxy) is 2. The van der Waals surface area contributed by atoms with Crippen molar-refractivity contribution in [2.75, 3.05) is 14.2 Å². The van der Waals surface area contributed by atoms with Crippen LogP contribution in [0.2, 0.25) is 5.02 Å². The molecule has 0 atom stereocenters. The van der Waals surface area contributed by atoms with Crippen LogP contribution in [0.5, 0.6) is 11.9 Å². The Morgan fingerprint density at radius 1 is 1.06 bits per heavy atom. The first kappa shape index (κ1) is 11.7. The quantitative estimate of drug-likeness (QED) is 0.840. The number of hydrogen-bond donors (Lipinski definition) is 0. The monoisotopic (exact) mass is 250 g/mol. The molecule has 0 fully saturated rings. The predicted octanol–water partition coefficient (Wildman–Crippen LogP) is 2.81. The Hall–Kier alpha value is -1.81. The zero-order valence-electron chi connectivity index (χ0n) is 9.48. The molecule has 17 heavy (non-hydrogen) atoms. The number of aromatic nitrogens is 2. The molecule has 0 aliphatic heterocycles. The summed E-state index contributed by atoms with van der Waals surface area (Å²) in [4.78, 5) is 8.16. The molecular formula is C12H11ClN2O2. The lowest BCUT2D eigenvalue weighted by Gasteiger charge is -2.09. The maximum absolute atomic E-state index is 6.12. The van der Waals surface area contributed by atoms with Crippen LogP contribution in [0.4, 0.5) is 0 Å². The van der Waals surface area contributed by atoms with E-state index in [0.717, 1.165) is 11.1 Å². The van der Waals surface area contributed by atoms with E-state index in [1.165, 1.54) is 7.11 Å². The number of benzene rings is 1. The van der Waals surface area contributed by atoms with Gasteiger partial charge in [0, 0.05) is 16.8 Å². The molecule has 0 amide bonds. The summed E-state index contributed by atoms with van der Waals surface area (Å²) in [5.41, 5.74) is 1.56. The maximum atomic E-state index is 6.12. The van der Waals surface area contributed by atoms with Gasteiger partial charge in [-0.15, -0.1) is 0 Å². The van der Waals surface area contributed by atoms with Crippen molar-refractivity contribution >= 4 is 11.6 Å².